The van der Waals surface area contributed by atoms with Crippen LogP contribution in [0.3, 0.4) is 0 Å². The molecule has 194 valence electrons. The SMILES string of the molecule is C=O.CCCCNC.CN(Cc1cnc2nc(N)nc(N)c2n1)c1ccc(C=O)cc1.CO.CO. The predicted octanol–water partition coefficient (Wildman–Crippen LogP) is 1.07. The number of hydrogen-bond donors (Lipinski definition) is 5. The molecule has 7 N–H and O–H groups in total. The minimum absolute atomic E-state index is 0.0736. The van der Waals surface area contributed by atoms with Crippen LogP contribution in [0.4, 0.5) is 17.5 Å². The number of aliphatic hydroxyl groups excluding tert-OH is 2. The van der Waals surface area contributed by atoms with Crippen LogP contribution in [0, 0.1) is 0 Å². The first kappa shape index (κ1) is 33.4. The van der Waals surface area contributed by atoms with Gasteiger partial charge in [-0.05, 0) is 44.3 Å². The van der Waals surface area contributed by atoms with Crippen molar-refractivity contribution in [2.75, 3.05) is 51.2 Å². The smallest absolute Gasteiger partial charge is 0.224 e. The second-order valence-electron chi connectivity index (χ2n) is 6.52. The van der Waals surface area contributed by atoms with Gasteiger partial charge < -0.3 is 36.7 Å². The standard InChI is InChI=1S/C15H15N7O.C5H13N.2CH4O.CH2O/c1-22(11-4-2-9(8-23)3-5-11)7-10-6-18-14-12(19-10)13(16)20-15(17)21-14;1-3-4-5-6-2;3*1-2/h2-6,8H,7H2,1H3,(H4,16,17,18,20,21);6H,3-5H2,1-2H3;2*2H,1H3;1H2. The van der Waals surface area contributed by atoms with Crippen LogP contribution in [-0.4, -0.2) is 78.1 Å². The van der Waals surface area contributed by atoms with Gasteiger partial charge in [0.2, 0.25) is 5.95 Å². The molecule has 2 aromatic heterocycles. The number of fused-ring (bicyclic) bond motifs is 1. The van der Waals surface area contributed by atoms with Crippen LogP contribution < -0.4 is 21.7 Å². The Kier molecular flexibility index (Phi) is 19.9. The first-order valence-electron chi connectivity index (χ1n) is 10.6. The molecule has 0 radical (unpaired) electrons. The summed E-state index contributed by atoms with van der Waals surface area (Å²) in [6, 6.07) is 7.27. The van der Waals surface area contributed by atoms with Crippen molar-refractivity contribution in [3.8, 4) is 0 Å². The Hall–Kier alpha value is -3.74. The number of hydrogen-bond acceptors (Lipinski definition) is 12. The van der Waals surface area contributed by atoms with Gasteiger partial charge in [-0.25, -0.2) is 9.97 Å². The summed E-state index contributed by atoms with van der Waals surface area (Å²) in [7, 11) is 5.90. The van der Waals surface area contributed by atoms with Crippen molar-refractivity contribution >= 4 is 41.7 Å². The minimum Gasteiger partial charge on any atom is -0.400 e. The van der Waals surface area contributed by atoms with Crippen molar-refractivity contribution in [1.29, 1.82) is 0 Å². The van der Waals surface area contributed by atoms with Crippen molar-refractivity contribution in [2.45, 2.75) is 26.3 Å². The Morgan fingerprint density at radius 1 is 1.06 bits per heavy atom. The number of aldehydes is 1. The van der Waals surface area contributed by atoms with E-state index in [1.54, 1.807) is 18.3 Å². The highest BCUT2D eigenvalue weighted by Crippen LogP contribution is 2.18. The molecule has 0 atom stereocenters. The van der Waals surface area contributed by atoms with Crippen LogP contribution in [0.5, 0.6) is 0 Å². The Labute approximate surface area is 206 Å². The molecule has 0 bridgehead atoms. The quantitative estimate of drug-likeness (QED) is 0.234. The molecule has 35 heavy (non-hydrogen) atoms. The number of aromatic nitrogens is 4. The molecule has 0 saturated heterocycles. The Morgan fingerprint density at radius 3 is 2.14 bits per heavy atom. The highest BCUT2D eigenvalue weighted by molar-refractivity contribution is 5.81. The number of unbranched alkanes of at least 4 members (excludes halogenated alkanes) is 1. The van der Waals surface area contributed by atoms with Gasteiger partial charge in [-0.15, -0.1) is 0 Å². The molecule has 2 heterocycles. The van der Waals surface area contributed by atoms with Crippen LogP contribution in [0.25, 0.3) is 11.2 Å². The number of rotatable bonds is 7. The highest BCUT2D eigenvalue weighted by Gasteiger charge is 2.09. The fraction of sp³-hybridized carbons (Fsp3) is 0.391. The van der Waals surface area contributed by atoms with E-state index in [9.17, 15) is 4.79 Å². The van der Waals surface area contributed by atoms with Crippen LogP contribution in [0.1, 0.15) is 35.8 Å². The lowest BCUT2D eigenvalue weighted by Gasteiger charge is -2.19. The Balaban J connectivity index is 0. The summed E-state index contributed by atoms with van der Waals surface area (Å²) >= 11 is 0. The van der Waals surface area contributed by atoms with Crippen molar-refractivity contribution in [1.82, 2.24) is 25.3 Å². The zero-order valence-electron chi connectivity index (χ0n) is 21.1. The molecule has 1 aromatic carbocycles. The fourth-order valence-electron chi connectivity index (χ4n) is 2.55. The lowest BCUT2D eigenvalue weighted by molar-refractivity contribution is -0.0980. The molecular weight excluding hydrogens is 452 g/mol. The monoisotopic (exact) mass is 490 g/mol. The molecule has 3 rings (SSSR count). The number of carbonyl (C=O) groups is 2. The maximum absolute atomic E-state index is 10.7. The third kappa shape index (κ3) is 12.3. The van der Waals surface area contributed by atoms with Crippen molar-refractivity contribution in [2.24, 2.45) is 0 Å². The van der Waals surface area contributed by atoms with Crippen LogP contribution in [-0.2, 0) is 11.3 Å². The molecule has 12 heteroatoms. The van der Waals surface area contributed by atoms with E-state index in [0.29, 0.717) is 23.3 Å². The van der Waals surface area contributed by atoms with Gasteiger partial charge >= 0.3 is 0 Å². The number of aliphatic hydroxyl groups is 2. The van der Waals surface area contributed by atoms with Crippen LogP contribution >= 0.6 is 0 Å². The fourth-order valence-corrected chi connectivity index (χ4v) is 2.55. The van der Waals surface area contributed by atoms with Gasteiger partial charge in [0.15, 0.2) is 17.0 Å². The van der Waals surface area contributed by atoms with Gasteiger partial charge in [0.05, 0.1) is 18.4 Å². The van der Waals surface area contributed by atoms with E-state index in [4.69, 9.17) is 26.5 Å². The number of nitrogens with two attached hydrogens (primary N) is 2. The molecule has 0 unspecified atom stereocenters. The summed E-state index contributed by atoms with van der Waals surface area (Å²) in [4.78, 5) is 37.3. The predicted molar refractivity (Wildman–Crippen MR) is 140 cm³/mol. The minimum atomic E-state index is 0.0736. The van der Waals surface area contributed by atoms with E-state index < -0.39 is 0 Å². The zero-order valence-corrected chi connectivity index (χ0v) is 21.1. The average molecular weight is 491 g/mol. The Morgan fingerprint density at radius 2 is 1.66 bits per heavy atom. The number of nitrogen functional groups attached to an aromatic ring is 2. The molecule has 0 aliphatic heterocycles. The second kappa shape index (κ2) is 20.8. The summed E-state index contributed by atoms with van der Waals surface area (Å²) in [6.07, 6.45) is 5.04. The average Bonchev–Trinajstić information content (AvgIpc) is 2.91. The lowest BCUT2D eigenvalue weighted by Crippen LogP contribution is -2.17. The normalized spacial score (nSPS) is 9.00. The summed E-state index contributed by atoms with van der Waals surface area (Å²) in [5.74, 6) is 0.282. The van der Waals surface area contributed by atoms with Gasteiger partial charge in [0.1, 0.15) is 13.1 Å². The third-order valence-corrected chi connectivity index (χ3v) is 4.15. The second-order valence-corrected chi connectivity index (χ2v) is 6.52. The molecule has 3 aromatic rings. The van der Waals surface area contributed by atoms with Crippen LogP contribution in [0.15, 0.2) is 30.5 Å². The number of nitrogens with one attached hydrogen (secondary N) is 1. The molecule has 0 aliphatic rings. The van der Waals surface area contributed by atoms with Gasteiger partial charge in [0, 0.05) is 32.5 Å². The summed E-state index contributed by atoms with van der Waals surface area (Å²) in [5.41, 5.74) is 14.5. The summed E-state index contributed by atoms with van der Waals surface area (Å²) < 4.78 is 0. The number of anilines is 3. The van der Waals surface area contributed by atoms with E-state index in [-0.39, 0.29) is 11.8 Å². The van der Waals surface area contributed by atoms with Crippen molar-refractivity contribution in [3.05, 3.63) is 41.7 Å². The van der Waals surface area contributed by atoms with E-state index in [1.165, 1.54) is 12.8 Å². The molecule has 12 nitrogen and oxygen atoms in total. The van der Waals surface area contributed by atoms with E-state index in [2.05, 4.69) is 32.2 Å². The molecule has 0 spiro atoms. The van der Waals surface area contributed by atoms with Gasteiger partial charge in [-0.1, -0.05) is 13.3 Å². The number of carbonyl (C=O) groups excluding carboxylic acids is 2. The lowest BCUT2D eigenvalue weighted by atomic mass is 10.2. The maximum Gasteiger partial charge on any atom is 0.224 e. The van der Waals surface area contributed by atoms with E-state index in [0.717, 1.165) is 38.4 Å². The maximum atomic E-state index is 10.7. The molecule has 0 aliphatic carbocycles. The van der Waals surface area contributed by atoms with Crippen LogP contribution in [0.2, 0.25) is 0 Å². The molecule has 0 amide bonds. The first-order chi connectivity index (χ1) is 17.0. The van der Waals surface area contributed by atoms with Crippen molar-refractivity contribution in [3.63, 3.8) is 0 Å². The number of benzene rings is 1. The highest BCUT2D eigenvalue weighted by atomic mass is 16.2. The van der Waals surface area contributed by atoms with Crippen molar-refractivity contribution < 1.29 is 19.8 Å². The van der Waals surface area contributed by atoms with Gasteiger partial charge in [0.25, 0.3) is 0 Å². The molecular formula is C23H38N8O4. The third-order valence-electron chi connectivity index (χ3n) is 4.15. The van der Waals surface area contributed by atoms with Gasteiger partial charge in [-0.2, -0.15) is 9.97 Å². The summed E-state index contributed by atoms with van der Waals surface area (Å²) in [6.45, 7) is 5.88. The molecule has 0 fully saturated rings. The van der Waals surface area contributed by atoms with Gasteiger partial charge in [-0.3, -0.25) is 4.79 Å². The molecule has 0 saturated carbocycles. The topological polar surface area (TPSA) is 193 Å². The largest absolute Gasteiger partial charge is 0.400 e. The first-order valence-corrected chi connectivity index (χ1v) is 10.6. The van der Waals surface area contributed by atoms with E-state index in [1.807, 2.05) is 37.9 Å². The Bertz CT molecular complexity index is 954. The van der Waals surface area contributed by atoms with E-state index >= 15 is 0 Å². The zero-order chi connectivity index (χ0) is 27.2. The number of nitrogens with zero attached hydrogens (tertiary/aromatic N) is 5. The summed E-state index contributed by atoms with van der Waals surface area (Å²) in [5, 5.41) is 17.1.